The second-order valence-corrected chi connectivity index (χ2v) is 4.91. The van der Waals surface area contributed by atoms with E-state index in [0.29, 0.717) is 12.0 Å². The van der Waals surface area contributed by atoms with Crippen LogP contribution in [0.15, 0.2) is 54.6 Å². The standard InChI is InChI=1S/C17H19NO2/c1-13-7-9-15(10-8-13)17(20)18-16(12-19)11-14-5-3-2-4-6-14/h2-10,16,19H,11-12H2,1H3,(H,18,20)/t16-/m0/s1. The van der Waals surface area contributed by atoms with Crippen molar-refractivity contribution in [1.82, 2.24) is 5.32 Å². The number of rotatable bonds is 5. The van der Waals surface area contributed by atoms with Gasteiger partial charge in [0.15, 0.2) is 0 Å². The first kappa shape index (κ1) is 14.3. The number of hydrogen-bond acceptors (Lipinski definition) is 2. The summed E-state index contributed by atoms with van der Waals surface area (Å²) < 4.78 is 0. The number of nitrogens with one attached hydrogen (secondary N) is 1. The minimum absolute atomic E-state index is 0.0769. The Balaban J connectivity index is 1.99. The highest BCUT2D eigenvalue weighted by Crippen LogP contribution is 2.06. The summed E-state index contributed by atoms with van der Waals surface area (Å²) in [6, 6.07) is 16.9. The van der Waals surface area contributed by atoms with Crippen molar-refractivity contribution in [1.29, 1.82) is 0 Å². The average molecular weight is 269 g/mol. The van der Waals surface area contributed by atoms with Crippen LogP contribution in [0.4, 0.5) is 0 Å². The number of aliphatic hydroxyl groups is 1. The van der Waals surface area contributed by atoms with E-state index in [1.165, 1.54) is 0 Å². The van der Waals surface area contributed by atoms with E-state index in [-0.39, 0.29) is 18.6 Å². The molecule has 20 heavy (non-hydrogen) atoms. The molecule has 1 atom stereocenters. The molecule has 2 N–H and O–H groups in total. The van der Waals surface area contributed by atoms with Crippen molar-refractivity contribution in [2.24, 2.45) is 0 Å². The van der Waals surface area contributed by atoms with Crippen LogP contribution in [0.3, 0.4) is 0 Å². The lowest BCUT2D eigenvalue weighted by molar-refractivity contribution is 0.0916. The first-order valence-electron chi connectivity index (χ1n) is 6.71. The Morgan fingerprint density at radius 3 is 2.35 bits per heavy atom. The highest BCUT2D eigenvalue weighted by Gasteiger charge is 2.13. The summed E-state index contributed by atoms with van der Waals surface area (Å²) in [5.74, 6) is -0.153. The minimum atomic E-state index is -0.272. The van der Waals surface area contributed by atoms with Crippen LogP contribution in [0.5, 0.6) is 0 Å². The summed E-state index contributed by atoms with van der Waals surface area (Å²) in [6.07, 6.45) is 0.620. The molecule has 3 nitrogen and oxygen atoms in total. The number of aryl methyl sites for hydroxylation is 1. The molecule has 0 aliphatic rings. The van der Waals surface area contributed by atoms with Gasteiger partial charge >= 0.3 is 0 Å². The zero-order chi connectivity index (χ0) is 14.4. The van der Waals surface area contributed by atoms with Crippen molar-refractivity contribution >= 4 is 5.91 Å². The van der Waals surface area contributed by atoms with E-state index < -0.39 is 0 Å². The molecule has 0 bridgehead atoms. The second kappa shape index (κ2) is 6.87. The lowest BCUT2D eigenvalue weighted by Gasteiger charge is -2.16. The molecule has 0 aliphatic carbocycles. The molecular formula is C17H19NO2. The third-order valence-electron chi connectivity index (χ3n) is 3.19. The van der Waals surface area contributed by atoms with E-state index in [0.717, 1.165) is 11.1 Å². The summed E-state index contributed by atoms with van der Waals surface area (Å²) in [5.41, 5.74) is 2.82. The van der Waals surface area contributed by atoms with Gasteiger partial charge in [-0.3, -0.25) is 4.79 Å². The maximum atomic E-state index is 12.1. The van der Waals surface area contributed by atoms with E-state index >= 15 is 0 Å². The van der Waals surface area contributed by atoms with Crippen molar-refractivity contribution in [3.8, 4) is 0 Å². The molecule has 3 heteroatoms. The predicted octanol–water partition coefficient (Wildman–Crippen LogP) is 2.33. The van der Waals surface area contributed by atoms with Gasteiger partial charge < -0.3 is 10.4 Å². The van der Waals surface area contributed by atoms with Gasteiger partial charge in [-0.2, -0.15) is 0 Å². The van der Waals surface area contributed by atoms with Crippen molar-refractivity contribution in [3.05, 3.63) is 71.3 Å². The smallest absolute Gasteiger partial charge is 0.251 e. The molecule has 0 aliphatic heterocycles. The highest BCUT2D eigenvalue weighted by molar-refractivity contribution is 5.94. The molecule has 0 unspecified atom stereocenters. The first-order valence-corrected chi connectivity index (χ1v) is 6.71. The third-order valence-corrected chi connectivity index (χ3v) is 3.19. The van der Waals surface area contributed by atoms with Crippen molar-refractivity contribution < 1.29 is 9.90 Å². The number of hydrogen-bond donors (Lipinski definition) is 2. The number of carbonyl (C=O) groups is 1. The van der Waals surface area contributed by atoms with E-state index in [1.54, 1.807) is 12.1 Å². The molecule has 0 aromatic heterocycles. The lowest BCUT2D eigenvalue weighted by atomic mass is 10.1. The van der Waals surface area contributed by atoms with Crippen LogP contribution in [-0.2, 0) is 6.42 Å². The Labute approximate surface area is 119 Å². The Morgan fingerprint density at radius 2 is 1.75 bits per heavy atom. The number of amides is 1. The molecule has 0 fully saturated rings. The summed E-state index contributed by atoms with van der Waals surface area (Å²) in [5, 5.41) is 12.3. The van der Waals surface area contributed by atoms with E-state index in [2.05, 4.69) is 5.32 Å². The quantitative estimate of drug-likeness (QED) is 0.875. The number of carbonyl (C=O) groups excluding carboxylic acids is 1. The molecule has 104 valence electrons. The SMILES string of the molecule is Cc1ccc(C(=O)N[C@H](CO)Cc2ccccc2)cc1. The van der Waals surface area contributed by atoms with E-state index in [9.17, 15) is 9.90 Å². The topological polar surface area (TPSA) is 49.3 Å². The second-order valence-electron chi connectivity index (χ2n) is 4.91. The normalized spacial score (nSPS) is 11.9. The Morgan fingerprint density at radius 1 is 1.10 bits per heavy atom. The van der Waals surface area contributed by atoms with Gasteiger partial charge in [-0.25, -0.2) is 0 Å². The molecule has 2 aromatic carbocycles. The van der Waals surface area contributed by atoms with Crippen LogP contribution in [0.2, 0.25) is 0 Å². The lowest BCUT2D eigenvalue weighted by Crippen LogP contribution is -2.39. The van der Waals surface area contributed by atoms with E-state index in [1.807, 2.05) is 49.4 Å². The highest BCUT2D eigenvalue weighted by atomic mass is 16.3. The van der Waals surface area contributed by atoms with Gasteiger partial charge in [-0.05, 0) is 31.0 Å². The van der Waals surface area contributed by atoms with Gasteiger partial charge in [0.25, 0.3) is 5.91 Å². The molecule has 0 heterocycles. The molecule has 0 spiro atoms. The van der Waals surface area contributed by atoms with Gasteiger partial charge in [-0.1, -0.05) is 48.0 Å². The fraction of sp³-hybridized carbons (Fsp3) is 0.235. The molecule has 2 rings (SSSR count). The van der Waals surface area contributed by atoms with Gasteiger partial charge in [0, 0.05) is 5.56 Å². The van der Waals surface area contributed by atoms with Crippen molar-refractivity contribution in [3.63, 3.8) is 0 Å². The average Bonchev–Trinajstić information content (AvgIpc) is 2.48. The Hall–Kier alpha value is -2.13. The largest absolute Gasteiger partial charge is 0.394 e. The third kappa shape index (κ3) is 3.93. The summed E-state index contributed by atoms with van der Waals surface area (Å²) in [4.78, 5) is 12.1. The zero-order valence-electron chi connectivity index (χ0n) is 11.5. The number of aliphatic hydroxyl groups excluding tert-OH is 1. The molecule has 2 aromatic rings. The molecule has 0 radical (unpaired) electrons. The molecule has 1 amide bonds. The van der Waals surface area contributed by atoms with Gasteiger partial charge in [0.1, 0.15) is 0 Å². The Kier molecular flexibility index (Phi) is 4.91. The minimum Gasteiger partial charge on any atom is -0.394 e. The van der Waals surface area contributed by atoms with Crippen molar-refractivity contribution in [2.45, 2.75) is 19.4 Å². The molecule has 0 saturated heterocycles. The maximum Gasteiger partial charge on any atom is 0.251 e. The summed E-state index contributed by atoms with van der Waals surface area (Å²) in [7, 11) is 0. The number of benzene rings is 2. The van der Waals surface area contributed by atoms with Gasteiger partial charge in [0.05, 0.1) is 12.6 Å². The molecular weight excluding hydrogens is 250 g/mol. The monoisotopic (exact) mass is 269 g/mol. The van der Waals surface area contributed by atoms with E-state index in [4.69, 9.17) is 0 Å². The van der Waals surface area contributed by atoms with Crippen LogP contribution in [0.25, 0.3) is 0 Å². The summed E-state index contributed by atoms with van der Waals surface area (Å²) >= 11 is 0. The first-order chi connectivity index (χ1) is 9.69. The van der Waals surface area contributed by atoms with Crippen molar-refractivity contribution in [2.75, 3.05) is 6.61 Å². The molecule has 0 saturated carbocycles. The van der Waals surface area contributed by atoms with Crippen LogP contribution in [0.1, 0.15) is 21.5 Å². The predicted molar refractivity (Wildman–Crippen MR) is 79.7 cm³/mol. The van der Waals surface area contributed by atoms with Crippen LogP contribution < -0.4 is 5.32 Å². The fourth-order valence-electron chi connectivity index (χ4n) is 2.03. The van der Waals surface area contributed by atoms with Gasteiger partial charge in [0.2, 0.25) is 0 Å². The van der Waals surface area contributed by atoms with Gasteiger partial charge in [-0.15, -0.1) is 0 Å². The maximum absolute atomic E-state index is 12.1. The van der Waals surface area contributed by atoms with Crippen LogP contribution in [-0.4, -0.2) is 23.7 Å². The van der Waals surface area contributed by atoms with Crippen LogP contribution in [0, 0.1) is 6.92 Å². The zero-order valence-corrected chi connectivity index (χ0v) is 11.5. The van der Waals surface area contributed by atoms with Crippen LogP contribution >= 0.6 is 0 Å². The Bertz CT molecular complexity index is 549. The fourth-order valence-corrected chi connectivity index (χ4v) is 2.03. The summed E-state index contributed by atoms with van der Waals surface area (Å²) in [6.45, 7) is 1.90.